The van der Waals surface area contributed by atoms with Gasteiger partial charge in [0.15, 0.2) is 5.43 Å². The Kier molecular flexibility index (Phi) is 4.93. The summed E-state index contributed by atoms with van der Waals surface area (Å²) in [6, 6.07) is 19.7. The first kappa shape index (κ1) is 20.1. The average molecular weight is 454 g/mol. The minimum atomic E-state index is -0.0636. The molecular weight excluding hydrogens is 434 g/mol. The number of hydrogen-bond acceptors (Lipinski definition) is 4. The normalized spacial score (nSPS) is 13.6. The summed E-state index contributed by atoms with van der Waals surface area (Å²) in [5.74, 6) is 0. The van der Waals surface area contributed by atoms with Crippen LogP contribution >= 0.6 is 11.6 Å². The first-order valence-corrected chi connectivity index (χ1v) is 11.3. The molecule has 1 saturated carbocycles. The lowest BCUT2D eigenvalue weighted by Gasteiger charge is -2.13. The van der Waals surface area contributed by atoms with Gasteiger partial charge in [-0.1, -0.05) is 48.0 Å². The Hall–Kier alpha value is -3.54. The predicted molar refractivity (Wildman–Crippen MR) is 131 cm³/mol. The van der Waals surface area contributed by atoms with Crippen molar-refractivity contribution in [3.8, 4) is 22.4 Å². The number of benzene rings is 2. The molecule has 0 unspecified atom stereocenters. The van der Waals surface area contributed by atoms with Crippen molar-refractivity contribution in [2.75, 3.05) is 0 Å². The van der Waals surface area contributed by atoms with E-state index < -0.39 is 0 Å². The molecule has 6 heteroatoms. The summed E-state index contributed by atoms with van der Waals surface area (Å²) in [5, 5.41) is 2.02. The maximum atomic E-state index is 13.3. The number of nitrogens with one attached hydrogen (secondary N) is 1. The Morgan fingerprint density at radius 3 is 2.70 bits per heavy atom. The van der Waals surface area contributed by atoms with Crippen molar-refractivity contribution in [1.29, 1.82) is 0 Å². The van der Waals surface area contributed by atoms with E-state index in [1.807, 2.05) is 60.7 Å². The van der Waals surface area contributed by atoms with Gasteiger partial charge in [-0.3, -0.25) is 9.78 Å². The van der Waals surface area contributed by atoms with Crippen molar-refractivity contribution >= 4 is 33.5 Å². The van der Waals surface area contributed by atoms with Gasteiger partial charge in [0.05, 0.1) is 34.3 Å². The number of aromatic nitrogens is 3. The number of nitrogens with zero attached hydrogens (tertiary/aromatic N) is 2. The molecule has 0 radical (unpaired) electrons. The fourth-order valence-corrected chi connectivity index (χ4v) is 4.35. The van der Waals surface area contributed by atoms with Crippen LogP contribution in [0.1, 0.15) is 18.4 Å². The van der Waals surface area contributed by atoms with Crippen LogP contribution in [0.2, 0.25) is 5.02 Å². The molecule has 33 heavy (non-hydrogen) atoms. The molecule has 5 nitrogen and oxygen atoms in total. The molecule has 1 fully saturated rings. The van der Waals surface area contributed by atoms with Crippen molar-refractivity contribution in [2.24, 2.45) is 0 Å². The second-order valence-electron chi connectivity index (χ2n) is 8.33. The molecule has 0 bridgehead atoms. The number of H-pyrrole nitrogens is 1. The van der Waals surface area contributed by atoms with Crippen LogP contribution in [0.4, 0.5) is 0 Å². The Bertz CT molecular complexity index is 1560. The van der Waals surface area contributed by atoms with Crippen molar-refractivity contribution in [3.63, 3.8) is 0 Å². The zero-order valence-electron chi connectivity index (χ0n) is 17.7. The summed E-state index contributed by atoms with van der Waals surface area (Å²) in [6.07, 6.45) is 5.85. The van der Waals surface area contributed by atoms with Gasteiger partial charge in [-0.15, -0.1) is 0 Å². The lowest BCUT2D eigenvalue weighted by Crippen LogP contribution is -2.13. The highest BCUT2D eigenvalue weighted by molar-refractivity contribution is 6.35. The van der Waals surface area contributed by atoms with Crippen LogP contribution in [-0.4, -0.2) is 21.1 Å². The zero-order valence-corrected chi connectivity index (χ0v) is 18.5. The minimum absolute atomic E-state index is 0.0636. The highest BCUT2D eigenvalue weighted by atomic mass is 35.5. The lowest BCUT2D eigenvalue weighted by molar-refractivity contribution is 0.105. The van der Waals surface area contributed by atoms with Crippen LogP contribution in [0.3, 0.4) is 0 Å². The first-order chi connectivity index (χ1) is 16.2. The standard InChI is InChI=1S/C27H20ClN3O2/c28-23-12-18(11-17-7-4-10-29-25(17)23)21-13-22-26(32)19(15-33-20-8-9-20)14-30-27(22)31-24(21)16-5-2-1-3-6-16/h1-7,10-14,20H,8-9,15H2,(H,30,31,32). The Morgan fingerprint density at radius 2 is 1.88 bits per heavy atom. The van der Waals surface area contributed by atoms with Gasteiger partial charge in [-0.05, 0) is 42.7 Å². The zero-order chi connectivity index (χ0) is 22.4. The molecule has 5 aromatic rings. The van der Waals surface area contributed by atoms with Gasteiger partial charge >= 0.3 is 0 Å². The second-order valence-corrected chi connectivity index (χ2v) is 8.74. The topological polar surface area (TPSA) is 67.9 Å². The van der Waals surface area contributed by atoms with Crippen LogP contribution in [0.25, 0.3) is 44.3 Å². The van der Waals surface area contributed by atoms with Gasteiger partial charge in [-0.2, -0.15) is 0 Å². The van der Waals surface area contributed by atoms with Gasteiger partial charge < -0.3 is 9.72 Å². The largest absolute Gasteiger partial charge is 0.373 e. The van der Waals surface area contributed by atoms with Crippen molar-refractivity contribution in [1.82, 2.24) is 15.0 Å². The monoisotopic (exact) mass is 453 g/mol. The van der Waals surface area contributed by atoms with E-state index in [-0.39, 0.29) is 11.5 Å². The van der Waals surface area contributed by atoms with E-state index in [4.69, 9.17) is 21.3 Å². The summed E-state index contributed by atoms with van der Waals surface area (Å²) in [6.45, 7) is 0.305. The van der Waals surface area contributed by atoms with Crippen LogP contribution < -0.4 is 5.43 Å². The fourth-order valence-electron chi connectivity index (χ4n) is 4.08. The van der Waals surface area contributed by atoms with E-state index in [1.165, 1.54) is 0 Å². The molecule has 2 aromatic carbocycles. The van der Waals surface area contributed by atoms with Gasteiger partial charge in [0.25, 0.3) is 0 Å². The Balaban J connectivity index is 1.59. The van der Waals surface area contributed by atoms with Crippen molar-refractivity contribution in [2.45, 2.75) is 25.6 Å². The highest BCUT2D eigenvalue weighted by Gasteiger charge is 2.23. The number of pyridine rings is 3. The minimum Gasteiger partial charge on any atom is -0.373 e. The Labute approximate surface area is 195 Å². The Morgan fingerprint density at radius 1 is 1.03 bits per heavy atom. The summed E-state index contributed by atoms with van der Waals surface area (Å²) < 4.78 is 5.78. The molecule has 3 heterocycles. The maximum Gasteiger partial charge on any atom is 0.196 e. The number of aromatic amines is 1. The third-order valence-electron chi connectivity index (χ3n) is 5.96. The van der Waals surface area contributed by atoms with E-state index in [0.717, 1.165) is 46.1 Å². The van der Waals surface area contributed by atoms with Gasteiger partial charge in [0.1, 0.15) is 5.65 Å². The quantitative estimate of drug-likeness (QED) is 0.347. The van der Waals surface area contributed by atoms with E-state index in [0.29, 0.717) is 28.2 Å². The first-order valence-electron chi connectivity index (χ1n) is 10.9. The molecule has 0 aliphatic heterocycles. The molecular formula is C27H20ClN3O2. The second kappa shape index (κ2) is 8.10. The highest BCUT2D eigenvalue weighted by Crippen LogP contribution is 2.36. The molecule has 1 aliphatic rings. The van der Waals surface area contributed by atoms with Crippen LogP contribution in [-0.2, 0) is 11.3 Å². The number of rotatable bonds is 5. The molecule has 0 amide bonds. The molecule has 1 aliphatic carbocycles. The SMILES string of the molecule is O=c1c(COC2CC2)c[nH]c2nc(-c3ccccc3)c(-c3cc(Cl)c4ncccc4c3)cc12. The number of ether oxygens (including phenoxy) is 1. The summed E-state index contributed by atoms with van der Waals surface area (Å²) in [7, 11) is 0. The smallest absolute Gasteiger partial charge is 0.196 e. The molecule has 6 rings (SSSR count). The summed E-state index contributed by atoms with van der Waals surface area (Å²) in [5.41, 5.74) is 5.29. The maximum absolute atomic E-state index is 13.3. The molecule has 0 spiro atoms. The molecule has 0 saturated heterocycles. The molecule has 0 atom stereocenters. The van der Waals surface area contributed by atoms with Gasteiger partial charge in [0, 0.05) is 34.5 Å². The van der Waals surface area contributed by atoms with Crippen LogP contribution in [0, 0.1) is 0 Å². The third kappa shape index (κ3) is 3.80. The summed E-state index contributed by atoms with van der Waals surface area (Å²) in [4.78, 5) is 25.8. The lowest BCUT2D eigenvalue weighted by atomic mass is 9.96. The van der Waals surface area contributed by atoms with Gasteiger partial charge in [0.2, 0.25) is 0 Å². The van der Waals surface area contributed by atoms with E-state index in [9.17, 15) is 4.79 Å². The van der Waals surface area contributed by atoms with Crippen molar-refractivity contribution < 1.29 is 4.74 Å². The third-order valence-corrected chi connectivity index (χ3v) is 6.25. The number of fused-ring (bicyclic) bond motifs is 2. The number of halogens is 1. The van der Waals surface area contributed by atoms with Crippen molar-refractivity contribution in [3.05, 3.63) is 93.9 Å². The number of hydrogen-bond donors (Lipinski definition) is 1. The van der Waals surface area contributed by atoms with Crippen LogP contribution in [0.15, 0.2) is 77.9 Å². The van der Waals surface area contributed by atoms with E-state index >= 15 is 0 Å². The van der Waals surface area contributed by atoms with E-state index in [2.05, 4.69) is 9.97 Å². The average Bonchev–Trinajstić information content (AvgIpc) is 3.68. The summed E-state index contributed by atoms with van der Waals surface area (Å²) >= 11 is 6.59. The van der Waals surface area contributed by atoms with E-state index in [1.54, 1.807) is 12.4 Å². The predicted octanol–water partition coefficient (Wildman–Crippen LogP) is 6.14. The van der Waals surface area contributed by atoms with Gasteiger partial charge in [-0.25, -0.2) is 4.98 Å². The molecule has 1 N–H and O–H groups in total. The van der Waals surface area contributed by atoms with Crippen LogP contribution in [0.5, 0.6) is 0 Å². The molecule has 162 valence electrons. The fraction of sp³-hybridized carbons (Fsp3) is 0.148. The molecule has 3 aromatic heterocycles.